The summed E-state index contributed by atoms with van der Waals surface area (Å²) < 4.78 is 1.87. The van der Waals surface area contributed by atoms with Crippen LogP contribution in [0.3, 0.4) is 0 Å². The van der Waals surface area contributed by atoms with Gasteiger partial charge in [-0.15, -0.1) is 0 Å². The van der Waals surface area contributed by atoms with Crippen LogP contribution in [0.1, 0.15) is 35.8 Å². The summed E-state index contributed by atoms with van der Waals surface area (Å²) in [5.41, 5.74) is 3.64. The molecule has 4 heterocycles. The molecule has 1 fully saturated rings. The number of carbonyl (C=O) groups excluding carboxylic acids is 1. The molecule has 0 atom stereocenters. The van der Waals surface area contributed by atoms with E-state index in [2.05, 4.69) is 34.9 Å². The fraction of sp³-hybridized carbons (Fsp3) is 0.269. The molecule has 0 spiro atoms. The highest BCUT2D eigenvalue weighted by Gasteiger charge is 2.26. The molecule has 8 nitrogen and oxygen atoms in total. The van der Waals surface area contributed by atoms with Gasteiger partial charge in [-0.1, -0.05) is 30.3 Å². The molecular weight excluding hydrogens is 426 g/mol. The van der Waals surface area contributed by atoms with Gasteiger partial charge in [0.05, 0.1) is 34.5 Å². The van der Waals surface area contributed by atoms with Crippen molar-refractivity contribution in [2.75, 3.05) is 31.1 Å². The summed E-state index contributed by atoms with van der Waals surface area (Å²) >= 11 is 0. The van der Waals surface area contributed by atoms with Gasteiger partial charge in [0.1, 0.15) is 5.82 Å². The standard InChI is InChI=1S/C26H25N7O/c1-18(2)33-25-22(17-29-33)21(15-23(30-25)20-6-4-3-5-7-20)26(34)32-12-10-31(11-13-32)24-14-19(16-27)8-9-28-24/h3-9,14-15,17-18H,10-13H2,1-2H3. The van der Waals surface area contributed by atoms with Crippen molar-refractivity contribution < 1.29 is 4.79 Å². The predicted molar refractivity (Wildman–Crippen MR) is 130 cm³/mol. The summed E-state index contributed by atoms with van der Waals surface area (Å²) in [7, 11) is 0. The number of piperazine rings is 1. The smallest absolute Gasteiger partial charge is 0.254 e. The quantitative estimate of drug-likeness (QED) is 0.467. The van der Waals surface area contributed by atoms with Crippen molar-refractivity contribution in [3.63, 3.8) is 0 Å². The Bertz CT molecular complexity index is 1380. The van der Waals surface area contributed by atoms with Crippen LogP contribution in [0.5, 0.6) is 0 Å². The summed E-state index contributed by atoms with van der Waals surface area (Å²) in [4.78, 5) is 27.0. The van der Waals surface area contributed by atoms with Crippen molar-refractivity contribution in [2.24, 2.45) is 0 Å². The van der Waals surface area contributed by atoms with Gasteiger partial charge >= 0.3 is 0 Å². The van der Waals surface area contributed by atoms with Crippen molar-refractivity contribution in [1.29, 1.82) is 5.26 Å². The molecule has 0 bridgehead atoms. The molecule has 1 saturated heterocycles. The molecule has 5 rings (SSSR count). The van der Waals surface area contributed by atoms with E-state index < -0.39 is 0 Å². The molecule has 4 aromatic rings. The largest absolute Gasteiger partial charge is 0.353 e. The third-order valence-corrected chi connectivity index (χ3v) is 6.12. The molecule has 3 aromatic heterocycles. The summed E-state index contributed by atoms with van der Waals surface area (Å²) in [6, 6.07) is 17.6. The molecule has 170 valence electrons. The summed E-state index contributed by atoms with van der Waals surface area (Å²) in [5, 5.41) is 14.5. The normalized spacial score (nSPS) is 13.9. The minimum absolute atomic E-state index is 0.0220. The lowest BCUT2D eigenvalue weighted by Gasteiger charge is -2.35. The summed E-state index contributed by atoms with van der Waals surface area (Å²) in [6.07, 6.45) is 3.40. The molecule has 1 amide bonds. The fourth-order valence-corrected chi connectivity index (χ4v) is 4.30. The number of benzene rings is 1. The Morgan fingerprint density at radius 1 is 1.06 bits per heavy atom. The first-order valence-electron chi connectivity index (χ1n) is 11.4. The lowest BCUT2D eigenvalue weighted by Crippen LogP contribution is -2.49. The minimum atomic E-state index is -0.0220. The lowest BCUT2D eigenvalue weighted by molar-refractivity contribution is 0.0748. The van der Waals surface area contributed by atoms with Crippen LogP contribution in [0, 0.1) is 11.3 Å². The van der Waals surface area contributed by atoms with E-state index >= 15 is 0 Å². The van der Waals surface area contributed by atoms with E-state index in [4.69, 9.17) is 10.2 Å². The third kappa shape index (κ3) is 3.97. The molecule has 1 aliphatic rings. The molecule has 0 aliphatic carbocycles. The topological polar surface area (TPSA) is 90.9 Å². The number of pyridine rings is 2. The molecule has 1 aliphatic heterocycles. The fourth-order valence-electron chi connectivity index (χ4n) is 4.30. The van der Waals surface area contributed by atoms with Crippen molar-refractivity contribution in [1.82, 2.24) is 24.6 Å². The Balaban J connectivity index is 1.45. The number of anilines is 1. The maximum absolute atomic E-state index is 13.7. The number of amides is 1. The van der Waals surface area contributed by atoms with E-state index in [1.165, 1.54) is 0 Å². The van der Waals surface area contributed by atoms with Crippen LogP contribution in [0.25, 0.3) is 22.3 Å². The molecule has 1 aromatic carbocycles. The van der Waals surface area contributed by atoms with Crippen molar-refractivity contribution in [2.45, 2.75) is 19.9 Å². The molecule has 0 unspecified atom stereocenters. The van der Waals surface area contributed by atoms with Gasteiger partial charge in [-0.05, 0) is 32.0 Å². The minimum Gasteiger partial charge on any atom is -0.353 e. The van der Waals surface area contributed by atoms with E-state index in [9.17, 15) is 4.79 Å². The molecular formula is C26H25N7O. The van der Waals surface area contributed by atoms with Gasteiger partial charge in [-0.3, -0.25) is 4.79 Å². The van der Waals surface area contributed by atoms with Crippen LogP contribution in [0.4, 0.5) is 5.82 Å². The number of aromatic nitrogens is 4. The monoisotopic (exact) mass is 451 g/mol. The zero-order chi connectivity index (χ0) is 23.7. The zero-order valence-corrected chi connectivity index (χ0v) is 19.2. The Labute approximate surface area is 198 Å². The van der Waals surface area contributed by atoms with E-state index in [-0.39, 0.29) is 11.9 Å². The second-order valence-corrected chi connectivity index (χ2v) is 8.64. The van der Waals surface area contributed by atoms with Crippen LogP contribution < -0.4 is 4.90 Å². The average Bonchev–Trinajstić information content (AvgIpc) is 3.33. The van der Waals surface area contributed by atoms with Crippen molar-refractivity contribution in [3.8, 4) is 17.3 Å². The number of hydrogen-bond acceptors (Lipinski definition) is 6. The van der Waals surface area contributed by atoms with Gasteiger partial charge in [0, 0.05) is 44.0 Å². The Kier molecular flexibility index (Phi) is 5.68. The van der Waals surface area contributed by atoms with Gasteiger partial charge in [0.15, 0.2) is 5.65 Å². The Hall–Kier alpha value is -4.25. The molecule has 8 heteroatoms. The zero-order valence-electron chi connectivity index (χ0n) is 19.2. The van der Waals surface area contributed by atoms with Gasteiger partial charge < -0.3 is 9.80 Å². The molecule has 0 radical (unpaired) electrons. The summed E-state index contributed by atoms with van der Waals surface area (Å²) in [5.74, 6) is 0.744. The highest BCUT2D eigenvalue weighted by molar-refractivity contribution is 6.06. The van der Waals surface area contributed by atoms with E-state index in [0.29, 0.717) is 37.3 Å². The van der Waals surface area contributed by atoms with Gasteiger partial charge in [-0.25, -0.2) is 14.6 Å². The number of nitriles is 1. The number of rotatable bonds is 4. The van der Waals surface area contributed by atoms with E-state index in [0.717, 1.165) is 28.1 Å². The third-order valence-electron chi connectivity index (χ3n) is 6.12. The van der Waals surface area contributed by atoms with E-state index in [1.54, 1.807) is 24.5 Å². The molecule has 34 heavy (non-hydrogen) atoms. The van der Waals surface area contributed by atoms with Gasteiger partial charge in [-0.2, -0.15) is 10.4 Å². The average molecular weight is 452 g/mol. The van der Waals surface area contributed by atoms with Crippen LogP contribution in [-0.4, -0.2) is 56.7 Å². The first-order chi connectivity index (χ1) is 16.5. The van der Waals surface area contributed by atoms with E-state index in [1.807, 2.05) is 46.0 Å². The highest BCUT2D eigenvalue weighted by Crippen LogP contribution is 2.28. The number of hydrogen-bond donors (Lipinski definition) is 0. The van der Waals surface area contributed by atoms with Crippen molar-refractivity contribution in [3.05, 3.63) is 72.1 Å². The van der Waals surface area contributed by atoms with Crippen LogP contribution in [0.15, 0.2) is 60.9 Å². The molecule has 0 N–H and O–H groups in total. The lowest BCUT2D eigenvalue weighted by atomic mass is 10.1. The first kappa shape index (κ1) is 21.6. The number of carbonyl (C=O) groups is 1. The van der Waals surface area contributed by atoms with Crippen LogP contribution >= 0.6 is 0 Å². The Morgan fingerprint density at radius 3 is 2.53 bits per heavy atom. The highest BCUT2D eigenvalue weighted by atomic mass is 16.2. The second-order valence-electron chi connectivity index (χ2n) is 8.64. The first-order valence-corrected chi connectivity index (χ1v) is 11.4. The SMILES string of the molecule is CC(C)n1ncc2c(C(=O)N3CCN(c4cc(C#N)ccn4)CC3)cc(-c3ccccc3)nc21. The van der Waals surface area contributed by atoms with Gasteiger partial charge in [0.25, 0.3) is 5.91 Å². The maximum atomic E-state index is 13.7. The second kappa shape index (κ2) is 8.94. The predicted octanol–water partition coefficient (Wildman–Crippen LogP) is 3.91. The summed E-state index contributed by atoms with van der Waals surface area (Å²) in [6.45, 7) is 6.55. The number of nitrogens with zero attached hydrogens (tertiary/aromatic N) is 7. The van der Waals surface area contributed by atoms with Crippen molar-refractivity contribution >= 4 is 22.8 Å². The number of fused-ring (bicyclic) bond motifs is 1. The van der Waals surface area contributed by atoms with Crippen LogP contribution in [-0.2, 0) is 0 Å². The van der Waals surface area contributed by atoms with Crippen LogP contribution in [0.2, 0.25) is 0 Å². The van der Waals surface area contributed by atoms with Gasteiger partial charge in [0.2, 0.25) is 0 Å². The molecule has 0 saturated carbocycles. The Morgan fingerprint density at radius 2 is 1.82 bits per heavy atom. The maximum Gasteiger partial charge on any atom is 0.254 e.